The first kappa shape index (κ1) is 21.0. The Hall–Kier alpha value is -3.31. The predicted molar refractivity (Wildman–Crippen MR) is 106 cm³/mol. The summed E-state index contributed by atoms with van der Waals surface area (Å²) in [6, 6.07) is 8.90. The maximum absolute atomic E-state index is 12.1. The Morgan fingerprint density at radius 3 is 2.82 bits per heavy atom. The van der Waals surface area contributed by atoms with Gasteiger partial charge in [-0.3, -0.25) is 4.79 Å². The lowest BCUT2D eigenvalue weighted by atomic mass is 10.1. The molecule has 7 nitrogen and oxygen atoms in total. The van der Waals surface area contributed by atoms with Crippen LogP contribution < -0.4 is 14.8 Å². The van der Waals surface area contributed by atoms with Crippen LogP contribution in [0.1, 0.15) is 18.1 Å². The second-order valence-electron chi connectivity index (χ2n) is 5.66. The third-order valence-electron chi connectivity index (χ3n) is 3.65. The molecule has 0 aliphatic carbocycles. The highest BCUT2D eigenvalue weighted by molar-refractivity contribution is 7.14. The van der Waals surface area contributed by atoms with E-state index < -0.39 is 18.0 Å². The maximum Gasteiger partial charge on any atom is 0.344 e. The summed E-state index contributed by atoms with van der Waals surface area (Å²) in [5, 5.41) is 13.6. The van der Waals surface area contributed by atoms with Crippen molar-refractivity contribution in [2.24, 2.45) is 0 Å². The fourth-order valence-electron chi connectivity index (χ4n) is 2.25. The largest absolute Gasteiger partial charge is 0.493 e. The van der Waals surface area contributed by atoms with E-state index in [1.54, 1.807) is 29.7 Å². The van der Waals surface area contributed by atoms with Crippen molar-refractivity contribution in [2.75, 3.05) is 19.0 Å². The molecule has 0 aliphatic heterocycles. The van der Waals surface area contributed by atoms with Gasteiger partial charge in [0.1, 0.15) is 11.1 Å². The van der Waals surface area contributed by atoms with Crippen molar-refractivity contribution in [3.8, 4) is 17.6 Å². The number of methoxy groups -OCH3 is 1. The zero-order valence-electron chi connectivity index (χ0n) is 15.6. The number of hydrogen-bond donors (Lipinski definition) is 1. The predicted octanol–water partition coefficient (Wildman–Crippen LogP) is 3.31. The normalized spacial score (nSPS) is 11.0. The molecule has 1 atom stereocenters. The van der Waals surface area contributed by atoms with Gasteiger partial charge in [-0.1, -0.05) is 12.1 Å². The number of thiophene rings is 1. The van der Waals surface area contributed by atoms with Crippen LogP contribution in [0.4, 0.5) is 5.00 Å². The zero-order chi connectivity index (χ0) is 20.5. The first-order chi connectivity index (χ1) is 13.5. The van der Waals surface area contributed by atoms with Crippen LogP contribution in [-0.2, 0) is 20.7 Å². The van der Waals surface area contributed by atoms with Crippen LogP contribution in [0.2, 0.25) is 0 Å². The van der Waals surface area contributed by atoms with Crippen molar-refractivity contribution in [3.63, 3.8) is 0 Å². The molecule has 0 saturated heterocycles. The number of nitrogens with one attached hydrogen (secondary N) is 1. The SMILES string of the molecule is C=CCc1ccc(OCC(=O)O[C@@H](C)C(=O)Nc2sccc2C#N)c(OC)c1. The molecule has 1 heterocycles. The molecule has 2 rings (SSSR count). The van der Waals surface area contributed by atoms with Crippen molar-refractivity contribution in [1.29, 1.82) is 5.26 Å². The summed E-state index contributed by atoms with van der Waals surface area (Å²) < 4.78 is 15.8. The number of carbonyl (C=O) groups excluding carboxylic acids is 2. The molecule has 28 heavy (non-hydrogen) atoms. The van der Waals surface area contributed by atoms with E-state index >= 15 is 0 Å². The Labute approximate surface area is 167 Å². The van der Waals surface area contributed by atoms with Gasteiger partial charge in [0.2, 0.25) is 0 Å². The number of benzene rings is 1. The Kier molecular flexibility index (Phi) is 7.60. The highest BCUT2D eigenvalue weighted by atomic mass is 32.1. The highest BCUT2D eigenvalue weighted by Crippen LogP contribution is 2.28. The molecular formula is C20H20N2O5S. The minimum Gasteiger partial charge on any atom is -0.493 e. The maximum atomic E-state index is 12.1. The number of esters is 1. The van der Waals surface area contributed by atoms with Gasteiger partial charge in [0.05, 0.1) is 12.7 Å². The van der Waals surface area contributed by atoms with E-state index in [1.807, 2.05) is 12.1 Å². The summed E-state index contributed by atoms with van der Waals surface area (Å²) >= 11 is 1.22. The second-order valence-corrected chi connectivity index (χ2v) is 6.58. The molecule has 0 radical (unpaired) electrons. The fraction of sp³-hybridized carbons (Fsp3) is 0.250. The van der Waals surface area contributed by atoms with E-state index in [9.17, 15) is 9.59 Å². The average Bonchev–Trinajstić information content (AvgIpc) is 3.14. The Morgan fingerprint density at radius 2 is 2.14 bits per heavy atom. The van der Waals surface area contributed by atoms with E-state index in [0.717, 1.165) is 5.56 Å². The monoisotopic (exact) mass is 400 g/mol. The van der Waals surface area contributed by atoms with Crippen molar-refractivity contribution < 1.29 is 23.8 Å². The lowest BCUT2D eigenvalue weighted by Crippen LogP contribution is -2.31. The van der Waals surface area contributed by atoms with Crippen LogP contribution >= 0.6 is 11.3 Å². The summed E-state index contributed by atoms with van der Waals surface area (Å²) in [4.78, 5) is 24.1. The molecule has 0 unspecified atom stereocenters. The molecule has 0 bridgehead atoms. The van der Waals surface area contributed by atoms with Gasteiger partial charge in [-0.25, -0.2) is 4.79 Å². The van der Waals surface area contributed by atoms with Crippen LogP contribution in [0.3, 0.4) is 0 Å². The quantitative estimate of drug-likeness (QED) is 0.512. The van der Waals surface area contributed by atoms with Crippen molar-refractivity contribution in [3.05, 3.63) is 53.4 Å². The Morgan fingerprint density at radius 1 is 1.36 bits per heavy atom. The molecule has 2 aromatic rings. The van der Waals surface area contributed by atoms with Crippen LogP contribution in [0.25, 0.3) is 0 Å². The van der Waals surface area contributed by atoms with E-state index in [4.69, 9.17) is 19.5 Å². The third kappa shape index (κ3) is 5.59. The number of ether oxygens (including phenoxy) is 3. The van der Waals surface area contributed by atoms with Gasteiger partial charge in [-0.2, -0.15) is 5.26 Å². The van der Waals surface area contributed by atoms with Gasteiger partial charge < -0.3 is 19.5 Å². The minimum atomic E-state index is -1.04. The fourth-order valence-corrected chi connectivity index (χ4v) is 2.99. The number of nitrogens with zero attached hydrogens (tertiary/aromatic N) is 1. The van der Waals surface area contributed by atoms with Gasteiger partial charge >= 0.3 is 5.97 Å². The Bertz CT molecular complexity index is 900. The topological polar surface area (TPSA) is 97.6 Å². The van der Waals surface area contributed by atoms with Gasteiger partial charge in [-0.05, 0) is 42.5 Å². The first-order valence-corrected chi connectivity index (χ1v) is 9.25. The Balaban J connectivity index is 1.89. The smallest absolute Gasteiger partial charge is 0.344 e. The molecule has 1 aromatic heterocycles. The van der Waals surface area contributed by atoms with Crippen LogP contribution in [-0.4, -0.2) is 31.7 Å². The third-order valence-corrected chi connectivity index (χ3v) is 4.48. The van der Waals surface area contributed by atoms with Gasteiger partial charge in [0.15, 0.2) is 24.2 Å². The molecule has 0 aliphatic rings. The highest BCUT2D eigenvalue weighted by Gasteiger charge is 2.20. The second kappa shape index (κ2) is 10.1. The van der Waals surface area contributed by atoms with Crippen molar-refractivity contribution in [1.82, 2.24) is 0 Å². The standard InChI is InChI=1S/C20H20N2O5S/c1-4-5-14-6-7-16(17(10-14)25-3)26-12-18(23)27-13(2)19(24)22-20-15(11-21)8-9-28-20/h4,6-10,13H,1,5,12H2,2-3H3,(H,22,24)/t13-/m0/s1. The lowest BCUT2D eigenvalue weighted by Gasteiger charge is -2.14. The van der Waals surface area contributed by atoms with Crippen LogP contribution in [0, 0.1) is 11.3 Å². The number of rotatable bonds is 9. The van der Waals surface area contributed by atoms with E-state index in [2.05, 4.69) is 11.9 Å². The molecule has 0 fully saturated rings. The van der Waals surface area contributed by atoms with Gasteiger partial charge in [-0.15, -0.1) is 17.9 Å². The number of allylic oxidation sites excluding steroid dienone is 1. The number of anilines is 1. The zero-order valence-corrected chi connectivity index (χ0v) is 16.4. The van der Waals surface area contributed by atoms with Gasteiger partial charge in [0.25, 0.3) is 5.91 Å². The summed E-state index contributed by atoms with van der Waals surface area (Å²) in [6.07, 6.45) is 1.42. The lowest BCUT2D eigenvalue weighted by molar-refractivity contribution is -0.155. The van der Waals surface area contributed by atoms with Gasteiger partial charge in [0, 0.05) is 0 Å². The number of amides is 1. The molecular weight excluding hydrogens is 380 g/mol. The minimum absolute atomic E-state index is 0.354. The van der Waals surface area contributed by atoms with E-state index in [-0.39, 0.29) is 6.61 Å². The van der Waals surface area contributed by atoms with E-state index in [0.29, 0.717) is 28.5 Å². The molecule has 0 saturated carbocycles. The van der Waals surface area contributed by atoms with Crippen LogP contribution in [0.5, 0.6) is 11.5 Å². The average molecular weight is 400 g/mol. The van der Waals surface area contributed by atoms with Crippen molar-refractivity contribution in [2.45, 2.75) is 19.4 Å². The summed E-state index contributed by atoms with van der Waals surface area (Å²) in [6.45, 7) is 4.75. The van der Waals surface area contributed by atoms with E-state index in [1.165, 1.54) is 25.4 Å². The molecule has 8 heteroatoms. The molecule has 146 valence electrons. The molecule has 1 aromatic carbocycles. The number of hydrogen-bond acceptors (Lipinski definition) is 7. The summed E-state index contributed by atoms with van der Waals surface area (Å²) in [5.74, 6) is -0.355. The summed E-state index contributed by atoms with van der Waals surface area (Å²) in [7, 11) is 1.50. The summed E-state index contributed by atoms with van der Waals surface area (Å²) in [5.41, 5.74) is 1.35. The molecule has 0 spiro atoms. The molecule has 1 N–H and O–H groups in total. The van der Waals surface area contributed by atoms with Crippen LogP contribution in [0.15, 0.2) is 42.3 Å². The number of carbonyl (C=O) groups is 2. The number of nitriles is 1. The van der Waals surface area contributed by atoms with Crippen molar-refractivity contribution >= 4 is 28.2 Å². The first-order valence-electron chi connectivity index (χ1n) is 8.37. The molecule has 1 amide bonds.